The van der Waals surface area contributed by atoms with Gasteiger partial charge in [0.25, 0.3) is 0 Å². The van der Waals surface area contributed by atoms with Gasteiger partial charge in [-0.2, -0.15) is 0 Å². The van der Waals surface area contributed by atoms with Gasteiger partial charge in [0.05, 0.1) is 18.0 Å². The van der Waals surface area contributed by atoms with Gasteiger partial charge in [-0.3, -0.25) is 0 Å². The number of hydrogen-bond acceptors (Lipinski definition) is 3. The third-order valence-corrected chi connectivity index (χ3v) is 4.89. The van der Waals surface area contributed by atoms with E-state index in [-0.39, 0.29) is 0 Å². The Bertz CT molecular complexity index is 227. The summed E-state index contributed by atoms with van der Waals surface area (Å²) in [5.74, 6) is -0.711. The first-order valence-corrected chi connectivity index (χ1v) is 10.1. The third kappa shape index (κ3) is 13.9. The first kappa shape index (κ1) is 22.3. The van der Waals surface area contributed by atoms with Crippen LogP contribution in [0.1, 0.15) is 96.8 Å². The summed E-state index contributed by atoms with van der Waals surface area (Å²) in [6.45, 7) is 2.27. The molecule has 0 saturated carbocycles. The molecular formula is C18H40NO2P. The minimum absolute atomic E-state index is 0.540. The monoisotopic (exact) mass is 333 g/mol. The third-order valence-electron chi connectivity index (χ3n) is 4.44. The molecule has 0 aliphatic carbocycles. The van der Waals surface area contributed by atoms with Gasteiger partial charge in [-0.1, -0.05) is 90.4 Å². The van der Waals surface area contributed by atoms with Gasteiger partial charge >= 0.3 is 0 Å². The topological polar surface area (TPSA) is 66.5 Å². The first-order chi connectivity index (χ1) is 10.6. The van der Waals surface area contributed by atoms with Crippen LogP contribution in [0.25, 0.3) is 0 Å². The minimum Gasteiger partial charge on any atom is -0.391 e. The van der Waals surface area contributed by atoms with E-state index in [1.807, 2.05) is 0 Å². The van der Waals surface area contributed by atoms with Crippen molar-refractivity contribution in [3.8, 4) is 0 Å². The average Bonchev–Trinajstić information content (AvgIpc) is 2.50. The smallest absolute Gasteiger partial charge is 0.0848 e. The molecule has 22 heavy (non-hydrogen) atoms. The summed E-state index contributed by atoms with van der Waals surface area (Å²) in [6, 6.07) is -0.540. The van der Waals surface area contributed by atoms with Crippen LogP contribution >= 0.6 is 9.24 Å². The fourth-order valence-electron chi connectivity index (χ4n) is 2.79. The van der Waals surface area contributed by atoms with E-state index >= 15 is 0 Å². The van der Waals surface area contributed by atoms with E-state index in [9.17, 15) is 10.2 Å². The van der Waals surface area contributed by atoms with Gasteiger partial charge in [-0.15, -0.1) is 9.24 Å². The molecule has 0 bridgehead atoms. The minimum atomic E-state index is -0.711. The Morgan fingerprint density at radius 3 is 1.45 bits per heavy atom. The van der Waals surface area contributed by atoms with Crippen molar-refractivity contribution in [2.45, 2.75) is 115 Å². The average molecular weight is 333 g/mol. The molecule has 0 aromatic carbocycles. The van der Waals surface area contributed by atoms with Crippen LogP contribution in [0.15, 0.2) is 0 Å². The molecule has 3 nitrogen and oxygen atoms in total. The maximum atomic E-state index is 9.77. The van der Waals surface area contributed by atoms with Gasteiger partial charge in [0, 0.05) is 0 Å². The number of aliphatic hydroxyl groups excluding tert-OH is 2. The molecule has 0 saturated heterocycles. The second-order valence-electron chi connectivity index (χ2n) is 6.67. The van der Waals surface area contributed by atoms with Crippen molar-refractivity contribution in [2.75, 3.05) is 0 Å². The SMILES string of the molecule is CCCCCCCCCCCCCCC[C@@H](O)[C@H](N)C(O)P. The Hall–Kier alpha value is 0.310. The van der Waals surface area contributed by atoms with E-state index in [0.29, 0.717) is 6.42 Å². The maximum absolute atomic E-state index is 9.77. The highest BCUT2D eigenvalue weighted by atomic mass is 31.0. The molecule has 0 spiro atoms. The summed E-state index contributed by atoms with van der Waals surface area (Å²) in [7, 11) is 2.24. The summed E-state index contributed by atoms with van der Waals surface area (Å²) in [5, 5.41) is 19.0. The Balaban J connectivity index is 3.17. The van der Waals surface area contributed by atoms with E-state index in [4.69, 9.17) is 5.73 Å². The van der Waals surface area contributed by atoms with E-state index in [1.54, 1.807) is 0 Å². The van der Waals surface area contributed by atoms with Crippen LogP contribution < -0.4 is 5.73 Å². The summed E-state index contributed by atoms with van der Waals surface area (Å²) in [6.07, 6.45) is 17.4. The Morgan fingerprint density at radius 2 is 1.09 bits per heavy atom. The molecule has 4 N–H and O–H groups in total. The van der Waals surface area contributed by atoms with Crippen molar-refractivity contribution < 1.29 is 10.2 Å². The van der Waals surface area contributed by atoms with E-state index in [0.717, 1.165) is 12.8 Å². The number of hydrogen-bond donors (Lipinski definition) is 3. The summed E-state index contributed by atoms with van der Waals surface area (Å²) in [5.41, 5.74) is 5.69. The predicted molar refractivity (Wildman–Crippen MR) is 100 cm³/mol. The molecule has 0 aliphatic heterocycles. The van der Waals surface area contributed by atoms with Crippen molar-refractivity contribution in [1.82, 2.24) is 0 Å². The van der Waals surface area contributed by atoms with Crippen LogP contribution in [0.4, 0.5) is 0 Å². The molecule has 0 fully saturated rings. The Morgan fingerprint density at radius 1 is 0.727 bits per heavy atom. The van der Waals surface area contributed by atoms with Crippen LogP contribution in [0.5, 0.6) is 0 Å². The van der Waals surface area contributed by atoms with Gasteiger partial charge in [-0.05, 0) is 6.42 Å². The molecule has 0 aliphatic rings. The molecule has 134 valence electrons. The van der Waals surface area contributed by atoms with E-state index in [2.05, 4.69) is 16.2 Å². The van der Waals surface area contributed by atoms with Crippen LogP contribution in [-0.4, -0.2) is 28.2 Å². The van der Waals surface area contributed by atoms with E-state index in [1.165, 1.54) is 70.6 Å². The quantitative estimate of drug-likeness (QED) is 0.290. The normalized spacial score (nSPS) is 15.7. The summed E-state index contributed by atoms with van der Waals surface area (Å²) in [4.78, 5) is 0. The maximum Gasteiger partial charge on any atom is 0.0848 e. The molecule has 0 aromatic heterocycles. The largest absolute Gasteiger partial charge is 0.391 e. The zero-order valence-electron chi connectivity index (χ0n) is 14.7. The fraction of sp³-hybridized carbons (Fsp3) is 1.00. The van der Waals surface area contributed by atoms with Crippen molar-refractivity contribution >= 4 is 9.24 Å². The predicted octanol–water partition coefficient (Wildman–Crippen LogP) is 4.35. The van der Waals surface area contributed by atoms with Crippen LogP contribution in [-0.2, 0) is 0 Å². The van der Waals surface area contributed by atoms with Crippen LogP contribution in [0, 0.1) is 0 Å². The number of rotatable bonds is 16. The zero-order valence-corrected chi connectivity index (χ0v) is 15.8. The van der Waals surface area contributed by atoms with Gasteiger partial charge < -0.3 is 15.9 Å². The lowest BCUT2D eigenvalue weighted by Gasteiger charge is -2.20. The molecule has 0 amide bonds. The lowest BCUT2D eigenvalue weighted by Crippen LogP contribution is -2.41. The standard InChI is InChI=1S/C18H40NO2P/c1-2-3-4-5-6-7-8-9-10-11-12-13-14-15-16(20)17(19)18(21)22/h16-18,20-21H,2-15,19,22H2,1H3/t16-,17+,18?/m1/s1. The Kier molecular flexibility index (Phi) is 16.4. The fourth-order valence-corrected chi connectivity index (χ4v) is 3.05. The number of aliphatic hydroxyl groups is 2. The highest BCUT2D eigenvalue weighted by molar-refractivity contribution is 7.17. The van der Waals surface area contributed by atoms with E-state index < -0.39 is 18.0 Å². The lowest BCUT2D eigenvalue weighted by molar-refractivity contribution is 0.0864. The second-order valence-corrected chi connectivity index (χ2v) is 7.35. The van der Waals surface area contributed by atoms with Gasteiger partial charge in [0.1, 0.15) is 0 Å². The molecule has 0 radical (unpaired) electrons. The highest BCUT2D eigenvalue weighted by Crippen LogP contribution is 2.15. The van der Waals surface area contributed by atoms with Crippen LogP contribution in [0.3, 0.4) is 0 Å². The van der Waals surface area contributed by atoms with Gasteiger partial charge in [0.15, 0.2) is 0 Å². The molecule has 0 rings (SSSR count). The molecule has 4 atom stereocenters. The first-order valence-electron chi connectivity index (χ1n) is 9.47. The summed E-state index contributed by atoms with van der Waals surface area (Å²) >= 11 is 0. The highest BCUT2D eigenvalue weighted by Gasteiger charge is 2.18. The van der Waals surface area contributed by atoms with Crippen molar-refractivity contribution in [3.05, 3.63) is 0 Å². The zero-order chi connectivity index (χ0) is 16.6. The van der Waals surface area contributed by atoms with Crippen LogP contribution in [0.2, 0.25) is 0 Å². The number of nitrogens with two attached hydrogens (primary N) is 1. The van der Waals surface area contributed by atoms with Gasteiger partial charge in [-0.25, -0.2) is 0 Å². The Labute approximate surface area is 140 Å². The van der Waals surface area contributed by atoms with Crippen molar-refractivity contribution in [3.63, 3.8) is 0 Å². The number of unbranched alkanes of at least 4 members (excludes halogenated alkanes) is 12. The molecular weight excluding hydrogens is 293 g/mol. The van der Waals surface area contributed by atoms with Crippen molar-refractivity contribution in [1.29, 1.82) is 0 Å². The second kappa shape index (κ2) is 16.2. The van der Waals surface area contributed by atoms with Gasteiger partial charge in [0.2, 0.25) is 0 Å². The molecule has 2 unspecified atom stereocenters. The summed E-state index contributed by atoms with van der Waals surface area (Å²) < 4.78 is 0. The molecule has 4 heteroatoms. The molecule has 0 aromatic rings. The van der Waals surface area contributed by atoms with Crippen molar-refractivity contribution in [2.24, 2.45) is 5.73 Å². The molecule has 0 heterocycles. The lowest BCUT2D eigenvalue weighted by atomic mass is 10.0.